The minimum Gasteiger partial charge on any atom is -0.498 e. The second kappa shape index (κ2) is 33.9. The quantitative estimate of drug-likeness (QED) is 0.0171. The van der Waals surface area contributed by atoms with Gasteiger partial charge in [-0.15, -0.1) is 0 Å². The van der Waals surface area contributed by atoms with Crippen LogP contribution in [0.2, 0.25) is 0 Å². The van der Waals surface area contributed by atoms with Gasteiger partial charge in [0.05, 0.1) is 34.0 Å². The summed E-state index contributed by atoms with van der Waals surface area (Å²) in [5.41, 5.74) is 0. The van der Waals surface area contributed by atoms with Crippen LogP contribution in [0.1, 0.15) is 174 Å². The summed E-state index contributed by atoms with van der Waals surface area (Å²) in [7, 11) is 1.63. The number of nitrogens with zero attached hydrogens (tertiary/aromatic N) is 1. The smallest absolute Gasteiger partial charge is 0.472 e. The van der Waals surface area contributed by atoms with Crippen molar-refractivity contribution in [2.24, 2.45) is 0 Å². The van der Waals surface area contributed by atoms with Crippen LogP contribution in [-0.2, 0) is 27.9 Å². The van der Waals surface area contributed by atoms with Gasteiger partial charge in [0.1, 0.15) is 19.8 Å². The lowest BCUT2D eigenvalue weighted by atomic mass is 10.0. The summed E-state index contributed by atoms with van der Waals surface area (Å²) in [6.07, 6.45) is 37.2. The van der Waals surface area contributed by atoms with Gasteiger partial charge >= 0.3 is 13.8 Å². The molecule has 0 aliphatic carbocycles. The Morgan fingerprint density at radius 3 is 1.59 bits per heavy atom. The molecule has 0 aromatic heterocycles. The molecule has 0 saturated heterocycles. The van der Waals surface area contributed by atoms with E-state index in [1.165, 1.54) is 109 Å². The number of carbonyl (C=O) groups excluding carboxylic acids is 1. The molecular formula is C40H79NO7P+. The van der Waals surface area contributed by atoms with Gasteiger partial charge in [0.2, 0.25) is 0 Å². The van der Waals surface area contributed by atoms with E-state index in [9.17, 15) is 14.3 Å². The first-order valence-corrected chi connectivity index (χ1v) is 21.6. The van der Waals surface area contributed by atoms with Gasteiger partial charge in [-0.25, -0.2) is 4.57 Å². The molecule has 2 atom stereocenters. The average molecular weight is 717 g/mol. The van der Waals surface area contributed by atoms with Gasteiger partial charge in [-0.2, -0.15) is 0 Å². The Morgan fingerprint density at radius 1 is 0.633 bits per heavy atom. The van der Waals surface area contributed by atoms with Gasteiger partial charge in [-0.3, -0.25) is 13.8 Å². The summed E-state index contributed by atoms with van der Waals surface area (Å²) < 4.78 is 34.6. The topological polar surface area (TPSA) is 91.3 Å². The fourth-order valence-electron chi connectivity index (χ4n) is 5.39. The van der Waals surface area contributed by atoms with Gasteiger partial charge in [0.15, 0.2) is 6.10 Å². The second-order valence-corrected chi connectivity index (χ2v) is 16.2. The first-order valence-electron chi connectivity index (χ1n) is 20.1. The molecule has 0 fully saturated rings. The molecule has 8 nitrogen and oxygen atoms in total. The molecule has 0 spiro atoms. The highest BCUT2D eigenvalue weighted by atomic mass is 31.2. The molecule has 0 aromatic carbocycles. The fraction of sp³-hybridized carbons (Fsp3) is 0.875. The molecule has 49 heavy (non-hydrogen) atoms. The zero-order valence-corrected chi connectivity index (χ0v) is 33.6. The van der Waals surface area contributed by atoms with Gasteiger partial charge in [0.25, 0.3) is 0 Å². The van der Waals surface area contributed by atoms with Crippen molar-refractivity contribution in [1.82, 2.24) is 0 Å². The minimum atomic E-state index is -4.28. The molecule has 0 rings (SSSR count). The maximum absolute atomic E-state index is 12.6. The normalized spacial score (nSPS) is 14.1. The molecule has 1 N–H and O–H groups in total. The Kier molecular flexibility index (Phi) is 33.1. The highest BCUT2D eigenvalue weighted by molar-refractivity contribution is 7.47. The number of carbonyl (C=O) groups is 1. The summed E-state index contributed by atoms with van der Waals surface area (Å²) in [6, 6.07) is 0. The lowest BCUT2D eigenvalue weighted by Crippen LogP contribution is -2.37. The molecule has 290 valence electrons. The molecule has 0 saturated carbocycles. The molecule has 0 bridgehead atoms. The van der Waals surface area contributed by atoms with Crippen LogP contribution in [0.5, 0.6) is 0 Å². The third-order valence-electron chi connectivity index (χ3n) is 8.58. The van der Waals surface area contributed by atoms with E-state index in [0.29, 0.717) is 17.4 Å². The van der Waals surface area contributed by atoms with Crippen LogP contribution in [0.25, 0.3) is 0 Å². The van der Waals surface area contributed by atoms with Crippen molar-refractivity contribution in [3.8, 4) is 0 Å². The lowest BCUT2D eigenvalue weighted by molar-refractivity contribution is -0.870. The maximum Gasteiger partial charge on any atom is 0.472 e. The van der Waals surface area contributed by atoms with Crippen LogP contribution in [0.4, 0.5) is 0 Å². The Balaban J connectivity index is 4.35. The van der Waals surface area contributed by atoms with Crippen LogP contribution in [0.3, 0.4) is 0 Å². The lowest BCUT2D eigenvalue weighted by Gasteiger charge is -2.24. The highest BCUT2D eigenvalue weighted by Gasteiger charge is 2.26. The number of rotatable bonds is 37. The Morgan fingerprint density at radius 2 is 1.08 bits per heavy atom. The van der Waals surface area contributed by atoms with Gasteiger partial charge in [0, 0.05) is 6.42 Å². The highest BCUT2D eigenvalue weighted by Crippen LogP contribution is 2.43. The molecule has 0 heterocycles. The van der Waals surface area contributed by atoms with Crippen LogP contribution in [0, 0.1) is 0 Å². The number of likely N-dealkylation sites (N-methyl/N-ethyl adjacent to an activating group) is 1. The molecule has 0 aliphatic rings. The van der Waals surface area contributed by atoms with Crippen molar-refractivity contribution in [3.63, 3.8) is 0 Å². The number of esters is 1. The van der Waals surface area contributed by atoms with Crippen LogP contribution in [-0.4, -0.2) is 69.0 Å². The molecular weight excluding hydrogens is 637 g/mol. The summed E-state index contributed by atoms with van der Waals surface area (Å²) in [4.78, 5) is 22.8. The van der Waals surface area contributed by atoms with Crippen molar-refractivity contribution in [3.05, 3.63) is 24.5 Å². The number of ether oxygens (including phenoxy) is 2. The number of phosphoric ester groups is 1. The third-order valence-corrected chi connectivity index (χ3v) is 9.56. The SMILES string of the molecule is CCCCCC/C=C\CCCCCCCC(=O)O[C@H](CO/C=C\CCCCCCCCCCCCCC)COP(=O)(O)OCC[N+](C)(C)C. The molecule has 9 heteroatoms. The van der Waals surface area contributed by atoms with E-state index in [4.69, 9.17) is 18.5 Å². The zero-order chi connectivity index (χ0) is 36.3. The van der Waals surface area contributed by atoms with Gasteiger partial charge in [-0.1, -0.05) is 135 Å². The van der Waals surface area contributed by atoms with Crippen LogP contribution >= 0.6 is 7.82 Å². The van der Waals surface area contributed by atoms with E-state index in [0.717, 1.165) is 44.9 Å². The largest absolute Gasteiger partial charge is 0.498 e. The number of hydrogen-bond donors (Lipinski definition) is 1. The minimum absolute atomic E-state index is 0.0473. The summed E-state index contributed by atoms with van der Waals surface area (Å²) in [5, 5.41) is 0. The third kappa shape index (κ3) is 37.9. The van der Waals surface area contributed by atoms with Crippen molar-refractivity contribution in [2.75, 3.05) is 47.5 Å². The van der Waals surface area contributed by atoms with E-state index in [2.05, 4.69) is 26.0 Å². The molecule has 0 aliphatic heterocycles. The number of unbranched alkanes of at least 4 members (excludes halogenated alkanes) is 21. The average Bonchev–Trinajstić information content (AvgIpc) is 3.04. The van der Waals surface area contributed by atoms with E-state index in [1.54, 1.807) is 6.26 Å². The Labute approximate surface area is 303 Å². The first-order chi connectivity index (χ1) is 23.6. The predicted octanol–water partition coefficient (Wildman–Crippen LogP) is 11.6. The number of allylic oxidation sites excluding steroid dienone is 3. The maximum atomic E-state index is 12.6. The van der Waals surface area contributed by atoms with E-state index in [1.807, 2.05) is 27.2 Å². The van der Waals surface area contributed by atoms with Gasteiger partial charge < -0.3 is 18.9 Å². The first kappa shape index (κ1) is 47.8. The van der Waals surface area contributed by atoms with E-state index < -0.39 is 13.9 Å². The monoisotopic (exact) mass is 717 g/mol. The molecule has 1 unspecified atom stereocenters. The van der Waals surface area contributed by atoms with E-state index >= 15 is 0 Å². The van der Waals surface area contributed by atoms with Crippen LogP contribution in [0.15, 0.2) is 24.5 Å². The second-order valence-electron chi connectivity index (χ2n) is 14.7. The summed E-state index contributed by atoms with van der Waals surface area (Å²) in [6.45, 7) is 4.91. The van der Waals surface area contributed by atoms with Crippen molar-refractivity contribution >= 4 is 13.8 Å². The van der Waals surface area contributed by atoms with Gasteiger partial charge in [-0.05, 0) is 51.0 Å². The van der Waals surface area contributed by atoms with E-state index in [-0.39, 0.29) is 25.8 Å². The summed E-state index contributed by atoms with van der Waals surface area (Å²) >= 11 is 0. The number of hydrogen-bond acceptors (Lipinski definition) is 6. The summed E-state index contributed by atoms with van der Waals surface area (Å²) in [5.74, 6) is -0.345. The Hall–Kier alpha value is -1.18. The molecule has 0 aromatic rings. The molecule has 0 amide bonds. The molecule has 0 radical (unpaired) electrons. The van der Waals surface area contributed by atoms with Crippen molar-refractivity contribution in [2.45, 2.75) is 180 Å². The standard InChI is InChI=1S/C40H78NO7P/c1-6-8-10-12-14-16-18-20-22-24-26-28-30-32-35-45-37-39(38-47-49(43,44)46-36-34-41(3,4)5)48-40(42)33-31-29-27-25-23-21-19-17-15-13-11-9-7-2/h17,19,32,35,39H,6-16,18,20-31,33-34,36-38H2,1-5H3/p+1/b19-17-,35-32-/t39-/m1/s1. The van der Waals surface area contributed by atoms with Crippen molar-refractivity contribution in [1.29, 1.82) is 0 Å². The number of quaternary nitrogens is 1. The predicted molar refractivity (Wildman–Crippen MR) is 206 cm³/mol. The zero-order valence-electron chi connectivity index (χ0n) is 32.7. The fourth-order valence-corrected chi connectivity index (χ4v) is 6.14. The Bertz CT molecular complexity index is 843. The number of phosphoric acid groups is 1. The van der Waals surface area contributed by atoms with Crippen molar-refractivity contribution < 1.29 is 37.3 Å². The van der Waals surface area contributed by atoms with Crippen LogP contribution < -0.4 is 0 Å².